The molecule has 0 aliphatic carbocycles. The van der Waals surface area contributed by atoms with E-state index in [1.807, 2.05) is 35.7 Å². The highest BCUT2D eigenvalue weighted by Gasteiger charge is 2.16. The van der Waals surface area contributed by atoms with Crippen LogP contribution in [0.25, 0.3) is 21.5 Å². The second-order valence-electron chi connectivity index (χ2n) is 5.78. The highest BCUT2D eigenvalue weighted by molar-refractivity contribution is 7.17. The Morgan fingerprint density at radius 3 is 2.92 bits per heavy atom. The van der Waals surface area contributed by atoms with Crippen LogP contribution in [0.5, 0.6) is 0 Å². The van der Waals surface area contributed by atoms with E-state index >= 15 is 0 Å². The molecule has 0 bridgehead atoms. The molecule has 3 heterocycles. The highest BCUT2D eigenvalue weighted by Crippen LogP contribution is 2.29. The molecule has 0 spiro atoms. The van der Waals surface area contributed by atoms with Gasteiger partial charge in [0.25, 0.3) is 5.91 Å². The van der Waals surface area contributed by atoms with E-state index in [1.54, 1.807) is 17.7 Å². The van der Waals surface area contributed by atoms with Gasteiger partial charge in [-0.25, -0.2) is 9.97 Å². The minimum atomic E-state index is -0.0685. The molecule has 1 aromatic carbocycles. The first-order valence-corrected chi connectivity index (χ1v) is 8.88. The number of carbonyl (C=O) groups is 1. The number of ether oxygens (including phenoxy) is 1. The molecule has 2 aromatic heterocycles. The van der Waals surface area contributed by atoms with Crippen molar-refractivity contribution < 1.29 is 9.53 Å². The third-order valence-corrected chi connectivity index (χ3v) is 5.09. The zero-order chi connectivity index (χ0) is 16.4. The Labute approximate surface area is 143 Å². The fraction of sp³-hybridized carbons (Fsp3) is 0.278. The van der Waals surface area contributed by atoms with Crippen LogP contribution in [0.1, 0.15) is 23.2 Å². The zero-order valence-corrected chi connectivity index (χ0v) is 13.9. The molecular weight excluding hydrogens is 322 g/mol. The molecule has 5 nitrogen and oxygen atoms in total. The van der Waals surface area contributed by atoms with Gasteiger partial charge in [-0.3, -0.25) is 4.79 Å². The average Bonchev–Trinajstić information content (AvgIpc) is 3.31. The van der Waals surface area contributed by atoms with Gasteiger partial charge in [0.15, 0.2) is 0 Å². The van der Waals surface area contributed by atoms with E-state index in [0.29, 0.717) is 12.1 Å². The molecule has 0 unspecified atom stereocenters. The smallest absolute Gasteiger partial charge is 0.251 e. The Kier molecular flexibility index (Phi) is 4.23. The molecule has 1 aliphatic rings. The largest absolute Gasteiger partial charge is 0.376 e. The van der Waals surface area contributed by atoms with Gasteiger partial charge in [-0.15, -0.1) is 11.3 Å². The summed E-state index contributed by atoms with van der Waals surface area (Å²) in [5, 5.41) is 4.95. The molecule has 3 aromatic rings. The molecule has 1 saturated heterocycles. The van der Waals surface area contributed by atoms with E-state index in [2.05, 4.69) is 15.3 Å². The van der Waals surface area contributed by atoms with Gasteiger partial charge in [-0.2, -0.15) is 0 Å². The summed E-state index contributed by atoms with van der Waals surface area (Å²) >= 11 is 1.62. The zero-order valence-electron chi connectivity index (χ0n) is 13.1. The van der Waals surface area contributed by atoms with Gasteiger partial charge in [0.2, 0.25) is 0 Å². The lowest BCUT2D eigenvalue weighted by Crippen LogP contribution is -2.31. The lowest BCUT2D eigenvalue weighted by atomic mass is 10.1. The third-order valence-electron chi connectivity index (χ3n) is 4.18. The van der Waals surface area contributed by atoms with E-state index in [-0.39, 0.29) is 12.0 Å². The number of aromatic nitrogens is 2. The maximum Gasteiger partial charge on any atom is 0.251 e. The van der Waals surface area contributed by atoms with Crippen molar-refractivity contribution in [2.45, 2.75) is 18.9 Å². The molecule has 1 aliphatic heterocycles. The predicted octanol–water partition coefficient (Wildman–Crippen LogP) is 3.27. The Morgan fingerprint density at radius 1 is 1.25 bits per heavy atom. The van der Waals surface area contributed by atoms with Crippen molar-refractivity contribution in [1.29, 1.82) is 0 Å². The number of hydrogen-bond acceptors (Lipinski definition) is 5. The molecule has 1 atom stereocenters. The van der Waals surface area contributed by atoms with E-state index < -0.39 is 0 Å². The van der Waals surface area contributed by atoms with Gasteiger partial charge in [-0.1, -0.05) is 12.1 Å². The molecule has 0 radical (unpaired) electrons. The van der Waals surface area contributed by atoms with Crippen LogP contribution in [0, 0.1) is 0 Å². The van der Waals surface area contributed by atoms with Crippen molar-refractivity contribution >= 4 is 27.5 Å². The number of rotatable bonds is 4. The van der Waals surface area contributed by atoms with Crippen LogP contribution in [-0.4, -0.2) is 35.1 Å². The quantitative estimate of drug-likeness (QED) is 0.792. The Bertz CT molecular complexity index is 854. The molecule has 1 fully saturated rings. The van der Waals surface area contributed by atoms with E-state index in [0.717, 1.165) is 40.9 Å². The first-order chi connectivity index (χ1) is 11.8. The predicted molar refractivity (Wildman–Crippen MR) is 94.2 cm³/mol. The maximum absolute atomic E-state index is 12.2. The summed E-state index contributed by atoms with van der Waals surface area (Å²) in [4.78, 5) is 20.9. The second-order valence-corrected chi connectivity index (χ2v) is 6.70. The van der Waals surface area contributed by atoms with Crippen molar-refractivity contribution in [1.82, 2.24) is 15.3 Å². The fourth-order valence-corrected chi connectivity index (χ4v) is 3.74. The van der Waals surface area contributed by atoms with Crippen molar-refractivity contribution in [3.05, 3.63) is 47.6 Å². The summed E-state index contributed by atoms with van der Waals surface area (Å²) in [5.41, 5.74) is 3.48. The molecule has 1 N–H and O–H groups in total. The van der Waals surface area contributed by atoms with Crippen LogP contribution in [0.15, 0.2) is 42.0 Å². The van der Waals surface area contributed by atoms with E-state index in [1.165, 1.54) is 0 Å². The Morgan fingerprint density at radius 2 is 2.12 bits per heavy atom. The Balaban J connectivity index is 1.50. The minimum absolute atomic E-state index is 0.0685. The summed E-state index contributed by atoms with van der Waals surface area (Å²) in [7, 11) is 0. The number of amides is 1. The highest BCUT2D eigenvalue weighted by atomic mass is 32.1. The topological polar surface area (TPSA) is 64.1 Å². The third kappa shape index (κ3) is 3.02. The second kappa shape index (κ2) is 6.67. The number of benzene rings is 1. The average molecular weight is 339 g/mol. The first-order valence-electron chi connectivity index (χ1n) is 8.00. The van der Waals surface area contributed by atoms with Crippen molar-refractivity contribution in [2.24, 2.45) is 0 Å². The van der Waals surface area contributed by atoms with Gasteiger partial charge in [0, 0.05) is 24.3 Å². The first kappa shape index (κ1) is 15.2. The minimum Gasteiger partial charge on any atom is -0.376 e. The summed E-state index contributed by atoms with van der Waals surface area (Å²) in [6.45, 7) is 1.37. The van der Waals surface area contributed by atoms with Gasteiger partial charge in [-0.05, 0) is 36.4 Å². The van der Waals surface area contributed by atoms with Crippen LogP contribution in [0.3, 0.4) is 0 Å². The lowest BCUT2D eigenvalue weighted by molar-refractivity contribution is 0.0858. The number of nitrogens with one attached hydrogen (secondary N) is 1. The number of hydrogen-bond donors (Lipinski definition) is 1. The summed E-state index contributed by atoms with van der Waals surface area (Å²) in [5.74, 6) is -0.0685. The fourth-order valence-electron chi connectivity index (χ4n) is 2.89. The number of nitrogens with zero attached hydrogens (tertiary/aromatic N) is 2. The summed E-state index contributed by atoms with van der Waals surface area (Å²) < 4.78 is 6.58. The van der Waals surface area contributed by atoms with Crippen molar-refractivity contribution in [3.63, 3.8) is 0 Å². The molecule has 6 heteroatoms. The van der Waals surface area contributed by atoms with Crippen LogP contribution < -0.4 is 5.32 Å². The lowest BCUT2D eigenvalue weighted by Gasteiger charge is -2.11. The van der Waals surface area contributed by atoms with Crippen LogP contribution in [0.2, 0.25) is 0 Å². The monoisotopic (exact) mass is 339 g/mol. The van der Waals surface area contributed by atoms with Gasteiger partial charge in [0.1, 0.15) is 6.33 Å². The Hall–Kier alpha value is -2.31. The van der Waals surface area contributed by atoms with Crippen LogP contribution in [0.4, 0.5) is 0 Å². The summed E-state index contributed by atoms with van der Waals surface area (Å²) in [6.07, 6.45) is 3.82. The summed E-state index contributed by atoms with van der Waals surface area (Å²) in [6, 6.07) is 9.52. The number of thiophene rings is 1. The van der Waals surface area contributed by atoms with Gasteiger partial charge in [0.05, 0.1) is 22.0 Å². The van der Waals surface area contributed by atoms with E-state index in [9.17, 15) is 4.79 Å². The molecule has 122 valence electrons. The number of fused-ring (bicyclic) bond motifs is 1. The van der Waals surface area contributed by atoms with E-state index in [4.69, 9.17) is 4.74 Å². The molecule has 0 saturated carbocycles. The standard InChI is InChI=1S/C18H17N3O2S/c22-18(19-10-14-2-1-8-23-14)13-5-3-12(4-6-13)16-17-15(7-9-24-17)20-11-21-16/h3-7,9,11,14H,1-2,8,10H2,(H,19,22)/t14-/m1/s1. The van der Waals surface area contributed by atoms with Crippen molar-refractivity contribution in [2.75, 3.05) is 13.2 Å². The maximum atomic E-state index is 12.2. The van der Waals surface area contributed by atoms with Gasteiger partial charge >= 0.3 is 0 Å². The van der Waals surface area contributed by atoms with Crippen molar-refractivity contribution in [3.8, 4) is 11.3 Å². The van der Waals surface area contributed by atoms with Gasteiger partial charge < -0.3 is 10.1 Å². The normalized spacial score (nSPS) is 17.2. The molecule has 4 rings (SSSR count). The number of carbonyl (C=O) groups excluding carboxylic acids is 1. The molecular formula is C18H17N3O2S. The molecule has 24 heavy (non-hydrogen) atoms. The SMILES string of the molecule is O=C(NC[C@H]1CCCO1)c1ccc(-c2ncnc3ccsc23)cc1. The molecule has 1 amide bonds. The van der Waals surface area contributed by atoms with Crippen LogP contribution >= 0.6 is 11.3 Å². The van der Waals surface area contributed by atoms with Crippen LogP contribution in [-0.2, 0) is 4.74 Å².